The number of piperazine rings is 1. The lowest BCUT2D eigenvalue weighted by molar-refractivity contribution is 0.0606. The molecule has 1 heterocycles. The predicted molar refractivity (Wildman–Crippen MR) is 93.7 cm³/mol. The number of rotatable bonds is 3. The molecule has 1 amide bonds. The van der Waals surface area contributed by atoms with Gasteiger partial charge in [0.2, 0.25) is 0 Å². The third kappa shape index (κ3) is 3.98. The van der Waals surface area contributed by atoms with Crippen LogP contribution in [0.25, 0.3) is 0 Å². The lowest BCUT2D eigenvalue weighted by Crippen LogP contribution is -2.49. The van der Waals surface area contributed by atoms with Gasteiger partial charge >= 0.3 is 0 Å². The number of hydrogen-bond donors (Lipinski definition) is 0. The summed E-state index contributed by atoms with van der Waals surface area (Å²) in [6, 6.07) is 14.9. The van der Waals surface area contributed by atoms with Crippen molar-refractivity contribution in [3.05, 3.63) is 70.5 Å². The van der Waals surface area contributed by atoms with Crippen LogP contribution in [0.4, 0.5) is 4.39 Å². The second-order valence-corrected chi connectivity index (χ2v) is 6.36. The molecule has 0 spiro atoms. The molecule has 1 saturated heterocycles. The molecule has 0 saturated carbocycles. The Morgan fingerprint density at radius 1 is 1.12 bits per heavy atom. The van der Waals surface area contributed by atoms with E-state index in [2.05, 4.69) is 6.07 Å². The van der Waals surface area contributed by atoms with Crippen LogP contribution in [-0.2, 0) is 0 Å². The third-order valence-electron chi connectivity index (χ3n) is 4.32. The van der Waals surface area contributed by atoms with E-state index in [0.29, 0.717) is 36.8 Å². The second kappa shape index (κ2) is 7.64. The van der Waals surface area contributed by atoms with E-state index in [1.165, 1.54) is 18.2 Å². The Morgan fingerprint density at radius 3 is 2.48 bits per heavy atom. The molecule has 0 aromatic heterocycles. The fourth-order valence-corrected chi connectivity index (χ4v) is 3.23. The Labute approximate surface area is 151 Å². The highest BCUT2D eigenvalue weighted by atomic mass is 35.5. The lowest BCUT2D eigenvalue weighted by atomic mass is 10.1. The van der Waals surface area contributed by atoms with Crippen molar-refractivity contribution in [1.29, 1.82) is 5.26 Å². The minimum Gasteiger partial charge on any atom is -0.336 e. The zero-order chi connectivity index (χ0) is 17.8. The van der Waals surface area contributed by atoms with Crippen LogP contribution in [0.1, 0.15) is 22.0 Å². The van der Waals surface area contributed by atoms with Gasteiger partial charge < -0.3 is 4.90 Å². The molecule has 1 aliphatic heterocycles. The zero-order valence-corrected chi connectivity index (χ0v) is 14.3. The first-order valence-electron chi connectivity index (χ1n) is 8.02. The molecular formula is C19H17ClFN3O. The monoisotopic (exact) mass is 357 g/mol. The standard InChI is InChI=1S/C19H17ClFN3O/c20-16-5-1-3-14(11-16)18(13-22)23-7-9-24(10-8-23)19(25)15-4-2-6-17(21)12-15/h1-6,11-12,18H,7-10H2. The summed E-state index contributed by atoms with van der Waals surface area (Å²) in [5.41, 5.74) is 1.19. The van der Waals surface area contributed by atoms with E-state index in [1.54, 1.807) is 23.1 Å². The molecule has 128 valence electrons. The molecule has 0 aliphatic carbocycles. The van der Waals surface area contributed by atoms with Gasteiger partial charge in [-0.2, -0.15) is 5.26 Å². The molecular weight excluding hydrogens is 341 g/mol. The summed E-state index contributed by atoms with van der Waals surface area (Å²) in [5, 5.41) is 10.1. The number of hydrogen-bond acceptors (Lipinski definition) is 3. The molecule has 0 N–H and O–H groups in total. The van der Waals surface area contributed by atoms with Gasteiger partial charge in [0.15, 0.2) is 0 Å². The molecule has 0 radical (unpaired) electrons. The van der Waals surface area contributed by atoms with Crippen LogP contribution in [-0.4, -0.2) is 41.9 Å². The Balaban J connectivity index is 1.67. The number of carbonyl (C=O) groups is 1. The number of nitriles is 1. The first-order valence-corrected chi connectivity index (χ1v) is 8.40. The maximum absolute atomic E-state index is 13.3. The maximum atomic E-state index is 13.3. The maximum Gasteiger partial charge on any atom is 0.254 e. The normalized spacial score (nSPS) is 16.3. The molecule has 2 aromatic rings. The van der Waals surface area contributed by atoms with Crippen molar-refractivity contribution in [3.8, 4) is 6.07 Å². The molecule has 3 rings (SSSR count). The van der Waals surface area contributed by atoms with E-state index < -0.39 is 11.9 Å². The molecule has 1 unspecified atom stereocenters. The van der Waals surface area contributed by atoms with E-state index >= 15 is 0 Å². The average molecular weight is 358 g/mol. The van der Waals surface area contributed by atoms with Crippen LogP contribution < -0.4 is 0 Å². The highest BCUT2D eigenvalue weighted by molar-refractivity contribution is 6.30. The highest BCUT2D eigenvalue weighted by Crippen LogP contribution is 2.24. The van der Waals surface area contributed by atoms with Crippen LogP contribution in [0.3, 0.4) is 0 Å². The van der Waals surface area contributed by atoms with Crippen molar-refractivity contribution in [2.75, 3.05) is 26.2 Å². The van der Waals surface area contributed by atoms with Gasteiger partial charge in [-0.3, -0.25) is 9.69 Å². The van der Waals surface area contributed by atoms with Gasteiger partial charge in [0.05, 0.1) is 6.07 Å². The summed E-state index contributed by atoms with van der Waals surface area (Å²) in [7, 11) is 0. The van der Waals surface area contributed by atoms with Crippen molar-refractivity contribution >= 4 is 17.5 Å². The van der Waals surface area contributed by atoms with Crippen molar-refractivity contribution in [1.82, 2.24) is 9.80 Å². The van der Waals surface area contributed by atoms with E-state index in [0.717, 1.165) is 5.56 Å². The van der Waals surface area contributed by atoms with Crippen molar-refractivity contribution in [2.45, 2.75) is 6.04 Å². The highest BCUT2D eigenvalue weighted by Gasteiger charge is 2.27. The van der Waals surface area contributed by atoms with Crippen LogP contribution in [0.2, 0.25) is 5.02 Å². The van der Waals surface area contributed by atoms with Gasteiger partial charge in [-0.25, -0.2) is 4.39 Å². The first kappa shape index (κ1) is 17.4. The molecule has 4 nitrogen and oxygen atoms in total. The Kier molecular flexibility index (Phi) is 5.32. The summed E-state index contributed by atoms with van der Waals surface area (Å²) >= 11 is 6.02. The summed E-state index contributed by atoms with van der Waals surface area (Å²) in [6.07, 6.45) is 0. The zero-order valence-electron chi connectivity index (χ0n) is 13.5. The molecule has 25 heavy (non-hydrogen) atoms. The average Bonchev–Trinajstić information content (AvgIpc) is 2.62. The fourth-order valence-electron chi connectivity index (χ4n) is 3.03. The number of benzene rings is 2. The summed E-state index contributed by atoms with van der Waals surface area (Å²) in [4.78, 5) is 16.2. The largest absolute Gasteiger partial charge is 0.336 e. The quantitative estimate of drug-likeness (QED) is 0.844. The number of carbonyl (C=O) groups excluding carboxylic acids is 1. The molecule has 1 atom stereocenters. The molecule has 0 bridgehead atoms. The van der Waals surface area contributed by atoms with Gasteiger partial charge in [0.25, 0.3) is 5.91 Å². The first-order chi connectivity index (χ1) is 12.1. The Morgan fingerprint density at radius 2 is 1.84 bits per heavy atom. The van der Waals surface area contributed by atoms with Gasteiger partial charge in [-0.05, 0) is 35.9 Å². The minimum absolute atomic E-state index is 0.185. The lowest BCUT2D eigenvalue weighted by Gasteiger charge is -2.37. The minimum atomic E-state index is -0.421. The second-order valence-electron chi connectivity index (χ2n) is 5.93. The van der Waals surface area contributed by atoms with E-state index in [9.17, 15) is 14.4 Å². The van der Waals surface area contributed by atoms with Gasteiger partial charge in [-0.1, -0.05) is 29.8 Å². The van der Waals surface area contributed by atoms with E-state index in [-0.39, 0.29) is 5.91 Å². The number of amides is 1. The Bertz CT molecular complexity index is 812. The van der Waals surface area contributed by atoms with Crippen LogP contribution >= 0.6 is 11.6 Å². The number of halogens is 2. The topological polar surface area (TPSA) is 47.3 Å². The molecule has 2 aromatic carbocycles. The van der Waals surface area contributed by atoms with Gasteiger partial charge in [0.1, 0.15) is 11.9 Å². The van der Waals surface area contributed by atoms with E-state index in [4.69, 9.17) is 11.6 Å². The van der Waals surface area contributed by atoms with Crippen molar-refractivity contribution < 1.29 is 9.18 Å². The molecule has 6 heteroatoms. The fraction of sp³-hybridized carbons (Fsp3) is 0.263. The summed E-state index contributed by atoms with van der Waals surface area (Å²) < 4.78 is 13.3. The van der Waals surface area contributed by atoms with Crippen molar-refractivity contribution in [2.24, 2.45) is 0 Å². The SMILES string of the molecule is N#CC(c1cccc(Cl)c1)N1CCN(C(=O)c2cccc(F)c2)CC1. The van der Waals surface area contributed by atoms with Crippen LogP contribution in [0, 0.1) is 17.1 Å². The predicted octanol–water partition coefficient (Wildman–Crippen LogP) is 3.50. The van der Waals surface area contributed by atoms with Gasteiger partial charge in [-0.15, -0.1) is 0 Å². The third-order valence-corrected chi connectivity index (χ3v) is 4.56. The Hall–Kier alpha value is -2.42. The molecule has 1 fully saturated rings. The van der Waals surface area contributed by atoms with Crippen LogP contribution in [0.15, 0.2) is 48.5 Å². The van der Waals surface area contributed by atoms with Gasteiger partial charge in [0, 0.05) is 36.8 Å². The summed E-state index contributed by atoms with van der Waals surface area (Å²) in [6.45, 7) is 2.14. The number of nitrogens with zero attached hydrogens (tertiary/aromatic N) is 3. The van der Waals surface area contributed by atoms with Crippen molar-refractivity contribution in [3.63, 3.8) is 0 Å². The van der Waals surface area contributed by atoms with E-state index in [1.807, 2.05) is 17.0 Å². The smallest absolute Gasteiger partial charge is 0.254 e. The van der Waals surface area contributed by atoms with Crippen LogP contribution in [0.5, 0.6) is 0 Å². The summed E-state index contributed by atoms with van der Waals surface area (Å²) in [5.74, 6) is -0.606. The molecule has 1 aliphatic rings.